The number of carbonyl (C=O) groups is 1. The minimum Gasteiger partial charge on any atom is -0.483 e. The van der Waals surface area contributed by atoms with Crippen LogP contribution in [0.3, 0.4) is 0 Å². The van der Waals surface area contributed by atoms with Crippen molar-refractivity contribution in [3.8, 4) is 5.75 Å². The number of carbonyl (C=O) groups excluding carboxylic acids is 1. The molecule has 1 aromatic rings. The van der Waals surface area contributed by atoms with Gasteiger partial charge in [-0.15, -0.1) is 0 Å². The first kappa shape index (κ1) is 15.8. The maximum Gasteiger partial charge on any atom is 0.260 e. The standard InChI is InChI=1S/C17H25NO3/c1-13-7-8-14(2)16(11-13)21-12-17(20)18-9-3-5-15(18)6-4-10-19/h7-8,11,15,19H,3-6,9-10,12H2,1-2H3. The molecule has 0 saturated carbocycles. The van der Waals surface area contributed by atoms with E-state index in [4.69, 9.17) is 9.84 Å². The van der Waals surface area contributed by atoms with Crippen molar-refractivity contribution >= 4 is 5.91 Å². The van der Waals surface area contributed by atoms with Crippen molar-refractivity contribution in [1.82, 2.24) is 4.90 Å². The lowest BCUT2D eigenvalue weighted by molar-refractivity contribution is -0.134. The highest BCUT2D eigenvalue weighted by Crippen LogP contribution is 2.23. The van der Waals surface area contributed by atoms with Crippen molar-refractivity contribution in [2.45, 2.75) is 45.6 Å². The Labute approximate surface area is 126 Å². The fourth-order valence-corrected chi connectivity index (χ4v) is 2.88. The third-order valence-electron chi connectivity index (χ3n) is 4.09. The van der Waals surface area contributed by atoms with Gasteiger partial charge < -0.3 is 14.7 Å². The van der Waals surface area contributed by atoms with Gasteiger partial charge in [0, 0.05) is 19.2 Å². The number of ether oxygens (including phenoxy) is 1. The first-order chi connectivity index (χ1) is 10.1. The number of aliphatic hydroxyl groups is 1. The summed E-state index contributed by atoms with van der Waals surface area (Å²) in [5, 5.41) is 8.93. The number of aryl methyl sites for hydroxylation is 2. The van der Waals surface area contributed by atoms with E-state index >= 15 is 0 Å². The number of hydrogen-bond acceptors (Lipinski definition) is 3. The van der Waals surface area contributed by atoms with E-state index < -0.39 is 0 Å². The molecule has 1 aliphatic rings. The summed E-state index contributed by atoms with van der Waals surface area (Å²) < 4.78 is 5.70. The molecule has 0 radical (unpaired) electrons. The molecule has 1 aromatic carbocycles. The third-order valence-corrected chi connectivity index (χ3v) is 4.09. The molecule has 1 unspecified atom stereocenters. The molecular weight excluding hydrogens is 266 g/mol. The number of benzene rings is 1. The summed E-state index contributed by atoms with van der Waals surface area (Å²) in [5.74, 6) is 0.839. The van der Waals surface area contributed by atoms with E-state index in [2.05, 4.69) is 0 Å². The molecule has 0 bridgehead atoms. The zero-order valence-electron chi connectivity index (χ0n) is 13.0. The number of rotatable bonds is 6. The van der Waals surface area contributed by atoms with Crippen LogP contribution in [0.5, 0.6) is 5.75 Å². The first-order valence-corrected chi connectivity index (χ1v) is 7.72. The fraction of sp³-hybridized carbons (Fsp3) is 0.588. The molecule has 1 amide bonds. The topological polar surface area (TPSA) is 49.8 Å². The highest BCUT2D eigenvalue weighted by molar-refractivity contribution is 5.78. The van der Waals surface area contributed by atoms with Crippen molar-refractivity contribution < 1.29 is 14.6 Å². The lowest BCUT2D eigenvalue weighted by Gasteiger charge is -2.24. The second-order valence-corrected chi connectivity index (χ2v) is 5.81. The second kappa shape index (κ2) is 7.46. The Hall–Kier alpha value is -1.55. The third kappa shape index (κ3) is 4.21. The van der Waals surface area contributed by atoms with Gasteiger partial charge in [0.25, 0.3) is 5.91 Å². The van der Waals surface area contributed by atoms with Crippen LogP contribution in [0, 0.1) is 13.8 Å². The van der Waals surface area contributed by atoms with Crippen molar-refractivity contribution in [3.63, 3.8) is 0 Å². The van der Waals surface area contributed by atoms with E-state index in [0.29, 0.717) is 0 Å². The van der Waals surface area contributed by atoms with Gasteiger partial charge in [0.1, 0.15) is 5.75 Å². The molecule has 4 nitrogen and oxygen atoms in total. The van der Waals surface area contributed by atoms with E-state index in [-0.39, 0.29) is 25.2 Å². The van der Waals surface area contributed by atoms with Crippen molar-refractivity contribution in [1.29, 1.82) is 0 Å². The average molecular weight is 291 g/mol. The van der Waals surface area contributed by atoms with Crippen molar-refractivity contribution in [3.05, 3.63) is 29.3 Å². The van der Waals surface area contributed by atoms with Crippen molar-refractivity contribution in [2.75, 3.05) is 19.8 Å². The largest absolute Gasteiger partial charge is 0.483 e. The molecule has 21 heavy (non-hydrogen) atoms. The molecule has 1 saturated heterocycles. The predicted octanol–water partition coefficient (Wildman–Crippen LogP) is 2.45. The summed E-state index contributed by atoms with van der Waals surface area (Å²) >= 11 is 0. The van der Waals surface area contributed by atoms with E-state index in [9.17, 15) is 4.79 Å². The van der Waals surface area contributed by atoms with Gasteiger partial charge in [-0.3, -0.25) is 4.79 Å². The Morgan fingerprint density at radius 1 is 1.43 bits per heavy atom. The summed E-state index contributed by atoms with van der Waals surface area (Å²) in [5.41, 5.74) is 2.18. The molecule has 1 atom stereocenters. The number of likely N-dealkylation sites (tertiary alicyclic amines) is 1. The van der Waals surface area contributed by atoms with Gasteiger partial charge >= 0.3 is 0 Å². The predicted molar refractivity (Wildman–Crippen MR) is 82.5 cm³/mol. The van der Waals surface area contributed by atoms with Crippen LogP contribution in [0.15, 0.2) is 18.2 Å². The Kier molecular flexibility index (Phi) is 5.62. The molecule has 1 aliphatic heterocycles. The van der Waals surface area contributed by atoms with Crippen LogP contribution in [-0.2, 0) is 4.79 Å². The monoisotopic (exact) mass is 291 g/mol. The average Bonchev–Trinajstić information content (AvgIpc) is 2.94. The lowest BCUT2D eigenvalue weighted by atomic mass is 10.1. The van der Waals surface area contributed by atoms with Gasteiger partial charge in [0.2, 0.25) is 0 Å². The number of amides is 1. The lowest BCUT2D eigenvalue weighted by Crippen LogP contribution is -2.38. The van der Waals surface area contributed by atoms with Crippen LogP contribution in [0.2, 0.25) is 0 Å². The zero-order valence-corrected chi connectivity index (χ0v) is 13.0. The van der Waals surface area contributed by atoms with E-state index in [1.807, 2.05) is 36.9 Å². The number of nitrogens with zero attached hydrogens (tertiary/aromatic N) is 1. The molecule has 1 heterocycles. The molecule has 0 aromatic heterocycles. The zero-order chi connectivity index (χ0) is 15.2. The smallest absolute Gasteiger partial charge is 0.260 e. The molecule has 4 heteroatoms. The highest BCUT2D eigenvalue weighted by atomic mass is 16.5. The quantitative estimate of drug-likeness (QED) is 0.876. The van der Waals surface area contributed by atoms with Crippen LogP contribution >= 0.6 is 0 Å². The first-order valence-electron chi connectivity index (χ1n) is 7.72. The molecule has 1 fully saturated rings. The minimum atomic E-state index is 0.0522. The van der Waals surface area contributed by atoms with E-state index in [0.717, 1.165) is 49.1 Å². The van der Waals surface area contributed by atoms with Crippen LogP contribution in [0.25, 0.3) is 0 Å². The van der Waals surface area contributed by atoms with Gasteiger partial charge in [-0.2, -0.15) is 0 Å². The van der Waals surface area contributed by atoms with Crippen LogP contribution in [0.1, 0.15) is 36.8 Å². The highest BCUT2D eigenvalue weighted by Gasteiger charge is 2.28. The van der Waals surface area contributed by atoms with Gasteiger partial charge in [0.15, 0.2) is 6.61 Å². The Morgan fingerprint density at radius 2 is 2.24 bits per heavy atom. The Balaban J connectivity index is 1.90. The van der Waals surface area contributed by atoms with E-state index in [1.165, 1.54) is 0 Å². The minimum absolute atomic E-state index is 0.0522. The maximum absolute atomic E-state index is 12.3. The molecular formula is C17H25NO3. The number of aliphatic hydroxyl groups excluding tert-OH is 1. The molecule has 2 rings (SSSR count). The van der Waals surface area contributed by atoms with Gasteiger partial charge in [-0.05, 0) is 56.7 Å². The second-order valence-electron chi connectivity index (χ2n) is 5.81. The SMILES string of the molecule is Cc1ccc(C)c(OCC(=O)N2CCCC2CCCO)c1. The molecule has 0 spiro atoms. The van der Waals surface area contributed by atoms with Gasteiger partial charge in [-0.1, -0.05) is 12.1 Å². The Morgan fingerprint density at radius 3 is 3.00 bits per heavy atom. The fourth-order valence-electron chi connectivity index (χ4n) is 2.88. The van der Waals surface area contributed by atoms with Crippen LogP contribution < -0.4 is 4.74 Å². The van der Waals surface area contributed by atoms with Gasteiger partial charge in [0.05, 0.1) is 0 Å². The summed E-state index contributed by atoms with van der Waals surface area (Å²) in [6, 6.07) is 6.28. The van der Waals surface area contributed by atoms with Gasteiger partial charge in [-0.25, -0.2) is 0 Å². The normalized spacial score (nSPS) is 18.0. The van der Waals surface area contributed by atoms with Crippen molar-refractivity contribution in [2.24, 2.45) is 0 Å². The molecule has 1 N–H and O–H groups in total. The maximum atomic E-state index is 12.3. The van der Waals surface area contributed by atoms with Crippen LogP contribution in [-0.4, -0.2) is 41.7 Å². The molecule has 116 valence electrons. The van der Waals surface area contributed by atoms with E-state index in [1.54, 1.807) is 0 Å². The molecule has 0 aliphatic carbocycles. The van der Waals surface area contributed by atoms with Crippen LogP contribution in [0.4, 0.5) is 0 Å². The summed E-state index contributed by atoms with van der Waals surface area (Å²) in [7, 11) is 0. The Bertz CT molecular complexity index is 487. The summed E-state index contributed by atoms with van der Waals surface area (Å²) in [4.78, 5) is 14.2. The summed E-state index contributed by atoms with van der Waals surface area (Å²) in [6.45, 7) is 5.10. The number of hydrogen-bond donors (Lipinski definition) is 1. The summed E-state index contributed by atoms with van der Waals surface area (Å²) in [6.07, 6.45) is 3.72.